The Balaban J connectivity index is 2.36. The van der Waals surface area contributed by atoms with Crippen molar-refractivity contribution in [2.24, 2.45) is 0 Å². The van der Waals surface area contributed by atoms with E-state index < -0.39 is 10.7 Å². The number of nitro benzene ring substituents is 1. The highest BCUT2D eigenvalue weighted by molar-refractivity contribution is 9.10. The highest BCUT2D eigenvalue weighted by Crippen LogP contribution is 2.35. The van der Waals surface area contributed by atoms with E-state index in [4.69, 9.17) is 4.74 Å². The van der Waals surface area contributed by atoms with E-state index in [1.165, 1.54) is 6.20 Å². The number of anilines is 1. The van der Waals surface area contributed by atoms with Crippen LogP contribution in [0.4, 0.5) is 15.8 Å². The number of aromatic nitrogens is 1. The van der Waals surface area contributed by atoms with Crippen molar-refractivity contribution in [3.8, 4) is 11.5 Å². The molecule has 110 valence electrons. The van der Waals surface area contributed by atoms with Crippen LogP contribution in [0.15, 0.2) is 35.1 Å². The van der Waals surface area contributed by atoms with Crippen LogP contribution in [0.3, 0.4) is 0 Å². The highest BCUT2D eigenvalue weighted by atomic mass is 79.9. The van der Waals surface area contributed by atoms with Crippen LogP contribution in [0.1, 0.15) is 6.92 Å². The number of hydrogen-bond acceptors (Lipinski definition) is 5. The van der Waals surface area contributed by atoms with Gasteiger partial charge in [0, 0.05) is 24.7 Å². The zero-order valence-electron chi connectivity index (χ0n) is 11.0. The predicted octanol–water partition coefficient (Wildman–Crippen LogP) is 4.12. The Morgan fingerprint density at radius 3 is 2.86 bits per heavy atom. The highest BCUT2D eigenvalue weighted by Gasteiger charge is 2.19. The molecule has 1 aromatic heterocycles. The second kappa shape index (κ2) is 6.49. The van der Waals surface area contributed by atoms with E-state index in [1.807, 2.05) is 6.92 Å². The lowest BCUT2D eigenvalue weighted by atomic mass is 10.3. The van der Waals surface area contributed by atoms with E-state index in [1.54, 1.807) is 12.3 Å². The standard InChI is InChI=1S/C13H11BrFN3O3/c1-2-17-8-3-9(7-16-6-8)21-13-5-11(15)10(14)4-12(13)18(19)20/h3-7,17H,2H2,1H3. The molecule has 0 aliphatic heterocycles. The summed E-state index contributed by atoms with van der Waals surface area (Å²) in [6.45, 7) is 2.61. The van der Waals surface area contributed by atoms with Crippen molar-refractivity contribution >= 4 is 27.3 Å². The smallest absolute Gasteiger partial charge is 0.312 e. The molecule has 0 unspecified atom stereocenters. The van der Waals surface area contributed by atoms with Gasteiger partial charge < -0.3 is 10.1 Å². The van der Waals surface area contributed by atoms with Gasteiger partial charge in [0.15, 0.2) is 0 Å². The average Bonchev–Trinajstić information content (AvgIpc) is 2.43. The first-order valence-corrected chi connectivity index (χ1v) is 6.80. The van der Waals surface area contributed by atoms with Gasteiger partial charge in [-0.2, -0.15) is 0 Å². The van der Waals surface area contributed by atoms with Crippen LogP contribution in [0, 0.1) is 15.9 Å². The van der Waals surface area contributed by atoms with E-state index in [2.05, 4.69) is 26.2 Å². The number of nitrogens with zero attached hydrogens (tertiary/aromatic N) is 2. The Labute approximate surface area is 128 Å². The van der Waals surface area contributed by atoms with Crippen molar-refractivity contribution in [2.45, 2.75) is 6.92 Å². The Morgan fingerprint density at radius 1 is 1.43 bits per heavy atom. The van der Waals surface area contributed by atoms with Crippen molar-refractivity contribution in [2.75, 3.05) is 11.9 Å². The van der Waals surface area contributed by atoms with Gasteiger partial charge in [0.2, 0.25) is 5.75 Å². The molecule has 0 atom stereocenters. The van der Waals surface area contributed by atoms with E-state index in [0.29, 0.717) is 12.2 Å². The third-order valence-corrected chi connectivity index (χ3v) is 3.13. The fraction of sp³-hybridized carbons (Fsp3) is 0.154. The van der Waals surface area contributed by atoms with Crippen molar-refractivity contribution in [1.29, 1.82) is 0 Å². The average molecular weight is 356 g/mol. The van der Waals surface area contributed by atoms with Crippen LogP contribution < -0.4 is 10.1 Å². The molecule has 1 N–H and O–H groups in total. The summed E-state index contributed by atoms with van der Waals surface area (Å²) in [4.78, 5) is 14.3. The van der Waals surface area contributed by atoms with Gasteiger partial charge in [-0.1, -0.05) is 0 Å². The van der Waals surface area contributed by atoms with Crippen LogP contribution in [0.25, 0.3) is 0 Å². The Kier molecular flexibility index (Phi) is 4.69. The Morgan fingerprint density at radius 2 is 2.19 bits per heavy atom. The van der Waals surface area contributed by atoms with Gasteiger partial charge in [0.1, 0.15) is 11.6 Å². The molecule has 2 rings (SSSR count). The van der Waals surface area contributed by atoms with Gasteiger partial charge in [-0.3, -0.25) is 15.1 Å². The number of halogens is 2. The first-order valence-electron chi connectivity index (χ1n) is 6.01. The normalized spacial score (nSPS) is 10.2. The lowest BCUT2D eigenvalue weighted by molar-refractivity contribution is -0.385. The van der Waals surface area contributed by atoms with Crippen LogP contribution in [-0.4, -0.2) is 16.5 Å². The third kappa shape index (κ3) is 3.66. The molecule has 0 radical (unpaired) electrons. The quantitative estimate of drug-likeness (QED) is 0.644. The number of pyridine rings is 1. The molecular weight excluding hydrogens is 345 g/mol. The van der Waals surface area contributed by atoms with E-state index in [-0.39, 0.29) is 21.7 Å². The summed E-state index contributed by atoms with van der Waals surface area (Å²) < 4.78 is 18.9. The van der Waals surface area contributed by atoms with Gasteiger partial charge in [0.05, 0.1) is 27.5 Å². The van der Waals surface area contributed by atoms with Crippen LogP contribution >= 0.6 is 15.9 Å². The first kappa shape index (κ1) is 15.2. The number of nitrogens with one attached hydrogen (secondary N) is 1. The summed E-state index contributed by atoms with van der Waals surface area (Å²) in [6, 6.07) is 3.65. The third-order valence-electron chi connectivity index (χ3n) is 2.52. The summed E-state index contributed by atoms with van der Waals surface area (Å²) in [5.74, 6) is -0.555. The largest absolute Gasteiger partial charge is 0.448 e. The van der Waals surface area contributed by atoms with Crippen molar-refractivity contribution < 1.29 is 14.1 Å². The molecule has 0 aliphatic carbocycles. The number of nitro groups is 1. The molecule has 0 amide bonds. The molecule has 0 aliphatic rings. The summed E-state index contributed by atoms with van der Waals surface area (Å²) in [6.07, 6.45) is 2.98. The van der Waals surface area contributed by atoms with Crippen LogP contribution in [0.2, 0.25) is 0 Å². The Bertz CT molecular complexity index is 682. The molecule has 0 bridgehead atoms. The fourth-order valence-electron chi connectivity index (χ4n) is 1.64. The van der Waals surface area contributed by atoms with Crippen LogP contribution in [-0.2, 0) is 0 Å². The molecule has 2 aromatic rings. The number of ether oxygens (including phenoxy) is 1. The van der Waals surface area contributed by atoms with Crippen molar-refractivity contribution in [1.82, 2.24) is 4.98 Å². The lowest BCUT2D eigenvalue weighted by Crippen LogP contribution is -1.98. The molecular formula is C13H11BrFN3O3. The number of rotatable bonds is 5. The van der Waals surface area contributed by atoms with Crippen molar-refractivity contribution in [3.63, 3.8) is 0 Å². The number of hydrogen-bond donors (Lipinski definition) is 1. The maximum atomic E-state index is 13.5. The van der Waals surface area contributed by atoms with Crippen LogP contribution in [0.5, 0.6) is 11.5 Å². The van der Waals surface area contributed by atoms with Gasteiger partial charge in [-0.05, 0) is 22.9 Å². The van der Waals surface area contributed by atoms with E-state index in [9.17, 15) is 14.5 Å². The molecule has 6 nitrogen and oxygen atoms in total. The zero-order chi connectivity index (χ0) is 15.4. The van der Waals surface area contributed by atoms with E-state index in [0.717, 1.165) is 12.1 Å². The maximum absolute atomic E-state index is 13.5. The number of benzene rings is 1. The van der Waals surface area contributed by atoms with Crippen molar-refractivity contribution in [3.05, 3.63) is 51.0 Å². The minimum atomic E-state index is -0.647. The maximum Gasteiger partial charge on any atom is 0.312 e. The molecule has 0 saturated carbocycles. The molecule has 8 heteroatoms. The van der Waals surface area contributed by atoms with E-state index >= 15 is 0 Å². The molecule has 1 heterocycles. The topological polar surface area (TPSA) is 77.3 Å². The molecule has 1 aromatic carbocycles. The fourth-order valence-corrected chi connectivity index (χ4v) is 1.98. The first-order chi connectivity index (χ1) is 10.0. The van der Waals surface area contributed by atoms with Gasteiger partial charge in [-0.25, -0.2) is 4.39 Å². The second-order valence-electron chi connectivity index (χ2n) is 4.03. The molecule has 21 heavy (non-hydrogen) atoms. The summed E-state index contributed by atoms with van der Waals surface area (Å²) in [7, 11) is 0. The zero-order valence-corrected chi connectivity index (χ0v) is 12.6. The molecule has 0 saturated heterocycles. The summed E-state index contributed by atoms with van der Waals surface area (Å²) in [5.41, 5.74) is 0.368. The molecule has 0 spiro atoms. The summed E-state index contributed by atoms with van der Waals surface area (Å²) >= 11 is 2.91. The Hall–Kier alpha value is -2.22. The van der Waals surface area contributed by atoms with Gasteiger partial charge in [0.25, 0.3) is 0 Å². The monoisotopic (exact) mass is 355 g/mol. The van der Waals surface area contributed by atoms with Gasteiger partial charge in [-0.15, -0.1) is 0 Å². The second-order valence-corrected chi connectivity index (χ2v) is 4.89. The minimum absolute atomic E-state index is 0.000996. The van der Waals surface area contributed by atoms with Gasteiger partial charge >= 0.3 is 5.69 Å². The molecule has 0 fully saturated rings. The summed E-state index contributed by atoms with van der Waals surface area (Å²) in [5, 5.41) is 14.0. The lowest BCUT2D eigenvalue weighted by Gasteiger charge is -2.09. The predicted molar refractivity (Wildman–Crippen MR) is 79.2 cm³/mol. The SMILES string of the molecule is CCNc1cncc(Oc2cc(F)c(Br)cc2[N+](=O)[O-])c1. The minimum Gasteiger partial charge on any atom is -0.448 e.